The van der Waals surface area contributed by atoms with E-state index in [0.717, 1.165) is 12.8 Å². The van der Waals surface area contributed by atoms with Crippen LogP contribution in [-0.4, -0.2) is 30.7 Å². The highest BCUT2D eigenvalue weighted by Crippen LogP contribution is 2.23. The quantitative estimate of drug-likeness (QED) is 0.600. The molecule has 0 saturated heterocycles. The van der Waals surface area contributed by atoms with E-state index >= 15 is 0 Å². The molecule has 0 aliphatic rings. The molecule has 0 saturated carbocycles. The molecule has 0 atom stereocenters. The van der Waals surface area contributed by atoms with Gasteiger partial charge in [0.15, 0.2) is 12.4 Å². The lowest BCUT2D eigenvalue weighted by Crippen LogP contribution is -2.30. The Morgan fingerprint density at radius 3 is 2.48 bits per heavy atom. The highest BCUT2D eigenvalue weighted by molar-refractivity contribution is 5.99. The second-order valence-electron chi connectivity index (χ2n) is 6.88. The van der Waals surface area contributed by atoms with Crippen molar-refractivity contribution in [3.63, 3.8) is 0 Å². The first-order valence-corrected chi connectivity index (χ1v) is 9.79. The number of ether oxygens (including phenoxy) is 1. The second-order valence-corrected chi connectivity index (χ2v) is 6.88. The lowest BCUT2D eigenvalue weighted by molar-refractivity contribution is -0.123. The number of ketones is 1. The van der Waals surface area contributed by atoms with E-state index in [2.05, 4.69) is 10.6 Å². The summed E-state index contributed by atoms with van der Waals surface area (Å²) in [6, 6.07) is 12.9. The van der Waals surface area contributed by atoms with Crippen LogP contribution in [-0.2, 0) is 16.0 Å². The Morgan fingerprint density at radius 1 is 1.03 bits per heavy atom. The molecule has 0 unspecified atom stereocenters. The summed E-state index contributed by atoms with van der Waals surface area (Å²) >= 11 is 0. The molecule has 0 fully saturated rings. The Balaban J connectivity index is 1.89. The van der Waals surface area contributed by atoms with Crippen molar-refractivity contribution < 1.29 is 19.1 Å². The molecule has 0 heterocycles. The number of rotatable bonds is 10. The van der Waals surface area contributed by atoms with Gasteiger partial charge in [0.05, 0.1) is 5.56 Å². The summed E-state index contributed by atoms with van der Waals surface area (Å²) < 4.78 is 5.55. The summed E-state index contributed by atoms with van der Waals surface area (Å²) in [5.41, 5.74) is 3.24. The van der Waals surface area contributed by atoms with Crippen LogP contribution < -0.4 is 15.4 Å². The largest absolute Gasteiger partial charge is 0.483 e. The summed E-state index contributed by atoms with van der Waals surface area (Å²) in [4.78, 5) is 35.8. The fourth-order valence-electron chi connectivity index (χ4n) is 2.88. The van der Waals surface area contributed by atoms with Crippen LogP contribution in [0.25, 0.3) is 0 Å². The molecule has 2 rings (SSSR count). The van der Waals surface area contributed by atoms with Gasteiger partial charge in [-0.1, -0.05) is 31.2 Å². The second kappa shape index (κ2) is 11.0. The third-order valence-corrected chi connectivity index (χ3v) is 4.46. The molecule has 6 nitrogen and oxygen atoms in total. The number of benzene rings is 2. The van der Waals surface area contributed by atoms with E-state index in [9.17, 15) is 14.4 Å². The first-order chi connectivity index (χ1) is 13.9. The zero-order valence-corrected chi connectivity index (χ0v) is 17.2. The Bertz CT molecular complexity index is 877. The van der Waals surface area contributed by atoms with Crippen LogP contribution in [0.2, 0.25) is 0 Å². The van der Waals surface area contributed by atoms with Crippen molar-refractivity contribution >= 4 is 23.3 Å². The van der Waals surface area contributed by atoms with E-state index in [0.29, 0.717) is 30.0 Å². The van der Waals surface area contributed by atoms with Crippen molar-refractivity contribution in [2.75, 3.05) is 18.5 Å². The van der Waals surface area contributed by atoms with Gasteiger partial charge < -0.3 is 15.4 Å². The lowest BCUT2D eigenvalue weighted by atomic mass is 10.1. The number of nitrogens with one attached hydrogen (secondary N) is 2. The van der Waals surface area contributed by atoms with Crippen LogP contribution in [0.5, 0.6) is 5.75 Å². The minimum Gasteiger partial charge on any atom is -0.483 e. The molecule has 0 aromatic heterocycles. The highest BCUT2D eigenvalue weighted by Gasteiger charge is 2.13. The number of carbonyl (C=O) groups excluding carboxylic acids is 3. The van der Waals surface area contributed by atoms with Gasteiger partial charge in [-0.25, -0.2) is 0 Å². The number of anilines is 1. The predicted octanol–water partition coefficient (Wildman–Crippen LogP) is 3.67. The summed E-state index contributed by atoms with van der Waals surface area (Å²) in [5, 5.41) is 5.58. The standard InChI is InChI=1S/C23H28N2O4/c1-4-7-22(27)25-19-10-11-21(20(14-19)17(3)26)29-15-23(28)24-13-12-18-9-6-5-8-16(18)2/h5-6,8-11,14H,4,7,12-13,15H2,1-3H3,(H,24,28)(H,25,27). The summed E-state index contributed by atoms with van der Waals surface area (Å²) in [6.07, 6.45) is 1.89. The van der Waals surface area contributed by atoms with Gasteiger partial charge in [-0.15, -0.1) is 0 Å². The van der Waals surface area contributed by atoms with E-state index in [1.54, 1.807) is 18.2 Å². The third kappa shape index (κ3) is 7.07. The van der Waals surface area contributed by atoms with Gasteiger partial charge in [0.1, 0.15) is 5.75 Å². The van der Waals surface area contributed by atoms with Gasteiger partial charge in [0.25, 0.3) is 5.91 Å². The monoisotopic (exact) mass is 396 g/mol. The van der Waals surface area contributed by atoms with E-state index in [1.165, 1.54) is 18.1 Å². The van der Waals surface area contributed by atoms with E-state index in [-0.39, 0.29) is 24.2 Å². The molecule has 6 heteroatoms. The van der Waals surface area contributed by atoms with Crippen molar-refractivity contribution in [3.8, 4) is 5.75 Å². The van der Waals surface area contributed by atoms with Crippen LogP contribution in [0.1, 0.15) is 48.2 Å². The van der Waals surface area contributed by atoms with Gasteiger partial charge in [-0.05, 0) is 56.0 Å². The SMILES string of the molecule is CCCC(=O)Nc1ccc(OCC(=O)NCCc2ccccc2C)c(C(C)=O)c1. The molecule has 2 aromatic carbocycles. The zero-order chi connectivity index (χ0) is 21.2. The van der Waals surface area contributed by atoms with Gasteiger partial charge >= 0.3 is 0 Å². The van der Waals surface area contributed by atoms with Crippen molar-refractivity contribution in [2.45, 2.75) is 40.0 Å². The highest BCUT2D eigenvalue weighted by atomic mass is 16.5. The molecule has 0 aliphatic carbocycles. The minimum atomic E-state index is -0.256. The number of carbonyl (C=O) groups is 3. The molecular formula is C23H28N2O4. The molecule has 0 aliphatic heterocycles. The van der Waals surface area contributed by atoms with Crippen LogP contribution in [0.3, 0.4) is 0 Å². The number of Topliss-reactive ketones (excluding diaryl/α,β-unsaturated/α-hetero) is 1. The van der Waals surface area contributed by atoms with Crippen molar-refractivity contribution in [3.05, 3.63) is 59.2 Å². The molecule has 0 radical (unpaired) electrons. The van der Waals surface area contributed by atoms with Crippen LogP contribution in [0.4, 0.5) is 5.69 Å². The first-order valence-electron chi connectivity index (χ1n) is 9.79. The fraction of sp³-hybridized carbons (Fsp3) is 0.348. The van der Waals surface area contributed by atoms with Gasteiger partial charge in [0.2, 0.25) is 5.91 Å². The van der Waals surface area contributed by atoms with Gasteiger partial charge in [-0.2, -0.15) is 0 Å². The molecule has 29 heavy (non-hydrogen) atoms. The van der Waals surface area contributed by atoms with E-state index < -0.39 is 0 Å². The van der Waals surface area contributed by atoms with Gasteiger partial charge in [-0.3, -0.25) is 14.4 Å². The van der Waals surface area contributed by atoms with Crippen molar-refractivity contribution in [2.24, 2.45) is 0 Å². The molecule has 2 amide bonds. The maximum absolute atomic E-state index is 12.1. The van der Waals surface area contributed by atoms with Gasteiger partial charge in [0, 0.05) is 18.7 Å². The fourth-order valence-corrected chi connectivity index (χ4v) is 2.88. The molecule has 2 N–H and O–H groups in total. The Hall–Kier alpha value is -3.15. The number of hydrogen-bond acceptors (Lipinski definition) is 4. The predicted molar refractivity (Wildman–Crippen MR) is 113 cm³/mol. The van der Waals surface area contributed by atoms with E-state index in [1.807, 2.05) is 38.1 Å². The topological polar surface area (TPSA) is 84.5 Å². The summed E-state index contributed by atoms with van der Waals surface area (Å²) in [5.74, 6) is -0.247. The molecular weight excluding hydrogens is 368 g/mol. The maximum Gasteiger partial charge on any atom is 0.257 e. The average molecular weight is 396 g/mol. The van der Waals surface area contributed by atoms with Crippen molar-refractivity contribution in [1.82, 2.24) is 5.32 Å². The zero-order valence-electron chi connectivity index (χ0n) is 17.2. The summed E-state index contributed by atoms with van der Waals surface area (Å²) in [6.45, 7) is 5.70. The molecule has 2 aromatic rings. The number of hydrogen-bond donors (Lipinski definition) is 2. The maximum atomic E-state index is 12.1. The number of aryl methyl sites for hydroxylation is 1. The summed E-state index contributed by atoms with van der Waals surface area (Å²) in [7, 11) is 0. The third-order valence-electron chi connectivity index (χ3n) is 4.46. The molecule has 0 bridgehead atoms. The van der Waals surface area contributed by atoms with Crippen LogP contribution in [0.15, 0.2) is 42.5 Å². The van der Waals surface area contributed by atoms with Crippen LogP contribution in [0, 0.1) is 6.92 Å². The molecule has 0 spiro atoms. The van der Waals surface area contributed by atoms with Crippen LogP contribution >= 0.6 is 0 Å². The molecule has 154 valence electrons. The Kier molecular flexibility index (Phi) is 8.40. The van der Waals surface area contributed by atoms with Crippen molar-refractivity contribution in [1.29, 1.82) is 0 Å². The lowest BCUT2D eigenvalue weighted by Gasteiger charge is -2.12. The Morgan fingerprint density at radius 2 is 1.79 bits per heavy atom. The number of amides is 2. The minimum absolute atomic E-state index is 0.108. The average Bonchev–Trinajstić information content (AvgIpc) is 2.68. The normalized spacial score (nSPS) is 10.3. The Labute approximate surface area is 171 Å². The van der Waals surface area contributed by atoms with E-state index in [4.69, 9.17) is 4.74 Å². The smallest absolute Gasteiger partial charge is 0.257 e. The first kappa shape index (κ1) is 22.1.